The molecule has 0 saturated carbocycles. The first kappa shape index (κ1) is 20.7. The normalized spacial score (nSPS) is 10.0. The number of esters is 2. The van der Waals surface area contributed by atoms with Crippen molar-refractivity contribution in [1.29, 1.82) is 0 Å². The fourth-order valence-electron chi connectivity index (χ4n) is 1.76. The average Bonchev–Trinajstić information content (AvgIpc) is 2.61. The lowest BCUT2D eigenvalue weighted by Gasteiger charge is -2.09. The number of benzene rings is 1. The minimum absolute atomic E-state index is 0.000460. The Morgan fingerprint density at radius 1 is 1.16 bits per heavy atom. The number of nitrogens with one attached hydrogen (secondary N) is 1. The number of carbonyl (C=O) groups is 4. The van der Waals surface area contributed by atoms with Crippen LogP contribution in [0.15, 0.2) is 29.2 Å². The minimum Gasteiger partial charge on any atom is -0.469 e. The second kappa shape index (κ2) is 11.2. The maximum atomic E-state index is 12.1. The Kier molecular flexibility index (Phi) is 9.31. The number of amides is 1. The van der Waals surface area contributed by atoms with Crippen molar-refractivity contribution in [3.8, 4) is 0 Å². The van der Waals surface area contributed by atoms with Crippen molar-refractivity contribution in [3.63, 3.8) is 0 Å². The monoisotopic (exact) mass is 367 g/mol. The van der Waals surface area contributed by atoms with Crippen LogP contribution in [0, 0.1) is 0 Å². The summed E-state index contributed by atoms with van der Waals surface area (Å²) < 4.78 is 9.48. The van der Waals surface area contributed by atoms with E-state index >= 15 is 0 Å². The number of Topliss-reactive ketones (excluding diaryl/α,β-unsaturated/α-hetero) is 1. The Balaban J connectivity index is 2.42. The Morgan fingerprint density at radius 3 is 2.56 bits per heavy atom. The van der Waals surface area contributed by atoms with Gasteiger partial charge in [-0.25, -0.2) is 4.79 Å². The Hall–Kier alpha value is -2.35. The lowest BCUT2D eigenvalue weighted by atomic mass is 10.2. The van der Waals surface area contributed by atoms with Crippen molar-refractivity contribution < 1.29 is 28.7 Å². The van der Waals surface area contributed by atoms with Gasteiger partial charge in [0, 0.05) is 17.9 Å². The standard InChI is InChI=1S/C17H21NO6S/c1-12(19)11-25-14-7-4-3-6-13(14)17(22)24-10-15(20)18-9-5-8-16(21)23-2/h3-4,6-7H,5,8-11H2,1-2H3,(H,18,20). The highest BCUT2D eigenvalue weighted by atomic mass is 32.2. The van der Waals surface area contributed by atoms with Gasteiger partial charge in [0.2, 0.25) is 0 Å². The van der Waals surface area contributed by atoms with Gasteiger partial charge in [0.1, 0.15) is 5.78 Å². The molecule has 0 aliphatic heterocycles. The number of hydrogen-bond donors (Lipinski definition) is 1. The maximum Gasteiger partial charge on any atom is 0.339 e. The Labute approximate surface area is 150 Å². The summed E-state index contributed by atoms with van der Waals surface area (Å²) in [7, 11) is 1.30. The predicted molar refractivity (Wildman–Crippen MR) is 92.4 cm³/mol. The number of thioether (sulfide) groups is 1. The van der Waals surface area contributed by atoms with Crippen LogP contribution >= 0.6 is 11.8 Å². The molecule has 8 heteroatoms. The van der Waals surface area contributed by atoms with Gasteiger partial charge in [0.05, 0.1) is 18.4 Å². The highest BCUT2D eigenvalue weighted by molar-refractivity contribution is 8.00. The number of methoxy groups -OCH3 is 1. The van der Waals surface area contributed by atoms with Crippen LogP contribution in [0.25, 0.3) is 0 Å². The van der Waals surface area contributed by atoms with Crippen LogP contribution in [0.4, 0.5) is 0 Å². The molecule has 1 N–H and O–H groups in total. The van der Waals surface area contributed by atoms with Gasteiger partial charge in [-0.1, -0.05) is 12.1 Å². The molecular weight excluding hydrogens is 346 g/mol. The van der Waals surface area contributed by atoms with Crippen molar-refractivity contribution in [2.45, 2.75) is 24.7 Å². The third-order valence-corrected chi connectivity index (χ3v) is 4.20. The van der Waals surface area contributed by atoms with E-state index in [0.29, 0.717) is 16.9 Å². The summed E-state index contributed by atoms with van der Waals surface area (Å²) in [6.07, 6.45) is 0.647. The average molecular weight is 367 g/mol. The summed E-state index contributed by atoms with van der Waals surface area (Å²) in [5.74, 6) is -1.17. The Bertz CT molecular complexity index is 631. The molecule has 1 amide bonds. The van der Waals surface area contributed by atoms with Gasteiger partial charge in [-0.2, -0.15) is 0 Å². The smallest absolute Gasteiger partial charge is 0.339 e. The lowest BCUT2D eigenvalue weighted by Crippen LogP contribution is -2.30. The molecule has 0 atom stereocenters. The number of ketones is 1. The van der Waals surface area contributed by atoms with Crippen LogP contribution in [0.1, 0.15) is 30.1 Å². The third-order valence-electron chi connectivity index (χ3n) is 2.98. The van der Waals surface area contributed by atoms with Crippen molar-refractivity contribution in [2.24, 2.45) is 0 Å². The van der Waals surface area contributed by atoms with E-state index < -0.39 is 18.5 Å². The number of carbonyl (C=O) groups excluding carboxylic acids is 4. The first-order valence-corrected chi connectivity index (χ1v) is 8.64. The topological polar surface area (TPSA) is 98.8 Å². The summed E-state index contributed by atoms with van der Waals surface area (Å²) in [6.45, 7) is 1.35. The van der Waals surface area contributed by atoms with Gasteiger partial charge in [-0.05, 0) is 25.5 Å². The highest BCUT2D eigenvalue weighted by Crippen LogP contribution is 2.23. The summed E-state index contributed by atoms with van der Waals surface area (Å²) >= 11 is 1.24. The molecule has 7 nitrogen and oxygen atoms in total. The molecule has 0 aromatic heterocycles. The molecular formula is C17H21NO6S. The quantitative estimate of drug-likeness (QED) is 0.381. The van der Waals surface area contributed by atoms with Gasteiger partial charge in [-0.3, -0.25) is 14.4 Å². The van der Waals surface area contributed by atoms with Crippen molar-refractivity contribution >= 4 is 35.4 Å². The summed E-state index contributed by atoms with van der Waals surface area (Å²) in [5.41, 5.74) is 0.312. The number of rotatable bonds is 10. The molecule has 0 fully saturated rings. The lowest BCUT2D eigenvalue weighted by molar-refractivity contribution is -0.140. The van der Waals surface area contributed by atoms with Gasteiger partial charge in [-0.15, -0.1) is 11.8 Å². The molecule has 1 rings (SSSR count). The molecule has 1 aromatic rings. The molecule has 136 valence electrons. The molecule has 25 heavy (non-hydrogen) atoms. The van der Waals surface area contributed by atoms with E-state index in [9.17, 15) is 19.2 Å². The van der Waals surface area contributed by atoms with E-state index in [-0.39, 0.29) is 30.5 Å². The van der Waals surface area contributed by atoms with E-state index in [4.69, 9.17) is 4.74 Å². The van der Waals surface area contributed by atoms with E-state index in [1.165, 1.54) is 25.8 Å². The van der Waals surface area contributed by atoms with Gasteiger partial charge in [0.25, 0.3) is 5.91 Å². The zero-order valence-corrected chi connectivity index (χ0v) is 15.0. The largest absolute Gasteiger partial charge is 0.469 e. The fraction of sp³-hybridized carbons (Fsp3) is 0.412. The second-order valence-electron chi connectivity index (χ2n) is 5.09. The van der Waals surface area contributed by atoms with Crippen molar-refractivity contribution in [2.75, 3.05) is 26.0 Å². The predicted octanol–water partition coefficient (Wildman–Crippen LogP) is 1.59. The molecule has 0 spiro atoms. The van der Waals surface area contributed by atoms with E-state index in [0.717, 1.165) is 0 Å². The second-order valence-corrected chi connectivity index (χ2v) is 6.11. The summed E-state index contributed by atoms with van der Waals surface area (Å²) in [6, 6.07) is 6.74. The highest BCUT2D eigenvalue weighted by Gasteiger charge is 2.15. The van der Waals surface area contributed by atoms with Crippen molar-refractivity contribution in [1.82, 2.24) is 5.32 Å². The van der Waals surface area contributed by atoms with Gasteiger partial charge < -0.3 is 14.8 Å². The van der Waals surface area contributed by atoms with Crippen LogP contribution < -0.4 is 5.32 Å². The number of hydrogen-bond acceptors (Lipinski definition) is 7. The van der Waals surface area contributed by atoms with Crippen LogP contribution in [0.3, 0.4) is 0 Å². The zero-order valence-electron chi connectivity index (χ0n) is 14.2. The molecule has 0 unspecified atom stereocenters. The van der Waals surface area contributed by atoms with Crippen LogP contribution in [0.5, 0.6) is 0 Å². The third kappa shape index (κ3) is 8.35. The molecule has 0 radical (unpaired) electrons. The van der Waals surface area contributed by atoms with Gasteiger partial charge in [0.15, 0.2) is 6.61 Å². The zero-order chi connectivity index (χ0) is 18.7. The van der Waals surface area contributed by atoms with E-state index in [2.05, 4.69) is 10.1 Å². The van der Waals surface area contributed by atoms with Crippen LogP contribution in [0.2, 0.25) is 0 Å². The van der Waals surface area contributed by atoms with Gasteiger partial charge >= 0.3 is 11.9 Å². The van der Waals surface area contributed by atoms with E-state index in [1.807, 2.05) is 0 Å². The molecule has 0 bridgehead atoms. The first-order valence-electron chi connectivity index (χ1n) is 7.66. The fourth-order valence-corrected chi connectivity index (χ4v) is 2.60. The maximum absolute atomic E-state index is 12.1. The number of ether oxygens (including phenoxy) is 2. The molecule has 0 saturated heterocycles. The van der Waals surface area contributed by atoms with E-state index in [1.54, 1.807) is 24.3 Å². The molecule has 0 heterocycles. The molecule has 0 aliphatic rings. The summed E-state index contributed by atoms with van der Waals surface area (Å²) in [5, 5.41) is 2.55. The molecule has 0 aliphatic carbocycles. The summed E-state index contributed by atoms with van der Waals surface area (Å²) in [4.78, 5) is 46.4. The first-order chi connectivity index (χ1) is 11.9. The SMILES string of the molecule is COC(=O)CCCNC(=O)COC(=O)c1ccccc1SCC(C)=O. The van der Waals surface area contributed by atoms with Crippen LogP contribution in [-0.2, 0) is 23.9 Å². The van der Waals surface area contributed by atoms with Crippen LogP contribution in [-0.4, -0.2) is 49.6 Å². The Morgan fingerprint density at radius 2 is 1.88 bits per heavy atom. The minimum atomic E-state index is -0.628. The molecule has 1 aromatic carbocycles. The van der Waals surface area contributed by atoms with Crippen molar-refractivity contribution in [3.05, 3.63) is 29.8 Å².